The molecule has 2 atom stereocenters. The van der Waals surface area contributed by atoms with Gasteiger partial charge in [0.1, 0.15) is 6.04 Å². The molecule has 5 heteroatoms. The molecule has 1 aromatic carbocycles. The molecule has 18 heavy (non-hydrogen) atoms. The Kier molecular flexibility index (Phi) is 4.01. The minimum absolute atomic E-state index is 0.0496. The van der Waals surface area contributed by atoms with Crippen LogP contribution < -0.4 is 10.6 Å². The molecule has 1 aromatic rings. The summed E-state index contributed by atoms with van der Waals surface area (Å²) in [6, 6.07) is 7.35. The Morgan fingerprint density at radius 2 is 2.11 bits per heavy atom. The summed E-state index contributed by atoms with van der Waals surface area (Å²) < 4.78 is 1.01. The molecule has 2 rings (SSSR count). The van der Waals surface area contributed by atoms with Gasteiger partial charge < -0.3 is 10.6 Å². The molecule has 2 amide bonds. The van der Waals surface area contributed by atoms with Crippen LogP contribution in [0.1, 0.15) is 31.4 Å². The zero-order chi connectivity index (χ0) is 13.1. The van der Waals surface area contributed by atoms with Crippen molar-refractivity contribution < 1.29 is 9.59 Å². The summed E-state index contributed by atoms with van der Waals surface area (Å²) in [6.07, 6.45) is 1.02. The standard InChI is InChI=1S/C13H15BrN2O2/c1-8(9-2-4-10(14)5-3-9)15-13(18)11-6-7-12(17)16-11/h2-5,8,11H,6-7H2,1H3,(H,15,18)(H,16,17)/t8?,11-/m1/s1. The van der Waals surface area contributed by atoms with E-state index in [4.69, 9.17) is 0 Å². The van der Waals surface area contributed by atoms with E-state index in [1.165, 1.54) is 0 Å². The molecule has 1 fully saturated rings. The van der Waals surface area contributed by atoms with E-state index in [9.17, 15) is 9.59 Å². The summed E-state index contributed by atoms with van der Waals surface area (Å²) >= 11 is 3.37. The predicted molar refractivity (Wildman–Crippen MR) is 71.9 cm³/mol. The van der Waals surface area contributed by atoms with E-state index >= 15 is 0 Å². The highest BCUT2D eigenvalue weighted by Crippen LogP contribution is 2.17. The van der Waals surface area contributed by atoms with Crippen molar-refractivity contribution in [3.05, 3.63) is 34.3 Å². The van der Waals surface area contributed by atoms with Crippen LogP contribution in [0.5, 0.6) is 0 Å². The van der Waals surface area contributed by atoms with Gasteiger partial charge in [-0.05, 0) is 31.0 Å². The summed E-state index contributed by atoms with van der Waals surface area (Å²) in [4.78, 5) is 23.0. The van der Waals surface area contributed by atoms with Crippen molar-refractivity contribution >= 4 is 27.7 Å². The van der Waals surface area contributed by atoms with Gasteiger partial charge in [0, 0.05) is 10.9 Å². The molecule has 1 unspecified atom stereocenters. The number of amides is 2. The van der Waals surface area contributed by atoms with Crippen molar-refractivity contribution in [2.75, 3.05) is 0 Å². The lowest BCUT2D eigenvalue weighted by molar-refractivity contribution is -0.126. The lowest BCUT2D eigenvalue weighted by atomic mass is 10.1. The van der Waals surface area contributed by atoms with Crippen LogP contribution in [0.3, 0.4) is 0 Å². The van der Waals surface area contributed by atoms with Crippen LogP contribution in [-0.2, 0) is 9.59 Å². The third kappa shape index (κ3) is 3.10. The topological polar surface area (TPSA) is 58.2 Å². The smallest absolute Gasteiger partial charge is 0.243 e. The maximum atomic E-state index is 11.9. The summed E-state index contributed by atoms with van der Waals surface area (Å²) in [7, 11) is 0. The van der Waals surface area contributed by atoms with E-state index in [0.717, 1.165) is 10.0 Å². The highest BCUT2D eigenvalue weighted by Gasteiger charge is 2.27. The molecule has 0 aromatic heterocycles. The molecule has 1 aliphatic rings. The molecule has 1 saturated heterocycles. The zero-order valence-electron chi connectivity index (χ0n) is 10.1. The van der Waals surface area contributed by atoms with Crippen molar-refractivity contribution in [3.63, 3.8) is 0 Å². The minimum Gasteiger partial charge on any atom is -0.348 e. The lowest BCUT2D eigenvalue weighted by Gasteiger charge is -2.17. The average molecular weight is 311 g/mol. The maximum absolute atomic E-state index is 11.9. The molecule has 2 N–H and O–H groups in total. The summed E-state index contributed by atoms with van der Waals surface area (Å²) in [5.41, 5.74) is 1.04. The van der Waals surface area contributed by atoms with E-state index in [-0.39, 0.29) is 23.9 Å². The van der Waals surface area contributed by atoms with Gasteiger partial charge in [-0.1, -0.05) is 28.1 Å². The molecule has 0 bridgehead atoms. The number of halogens is 1. The molecule has 0 spiro atoms. The quantitative estimate of drug-likeness (QED) is 0.896. The first kappa shape index (κ1) is 13.1. The predicted octanol–water partition coefficient (Wildman–Crippen LogP) is 1.90. The van der Waals surface area contributed by atoms with Gasteiger partial charge in [-0.2, -0.15) is 0 Å². The number of hydrogen-bond acceptors (Lipinski definition) is 2. The van der Waals surface area contributed by atoms with E-state index in [1.54, 1.807) is 0 Å². The number of hydrogen-bond donors (Lipinski definition) is 2. The molecule has 0 radical (unpaired) electrons. The monoisotopic (exact) mass is 310 g/mol. The minimum atomic E-state index is -0.379. The normalized spacial score (nSPS) is 20.3. The number of nitrogens with one attached hydrogen (secondary N) is 2. The Balaban J connectivity index is 1.94. The molecular weight excluding hydrogens is 296 g/mol. The number of carbonyl (C=O) groups excluding carboxylic acids is 2. The van der Waals surface area contributed by atoms with Gasteiger partial charge in [-0.3, -0.25) is 9.59 Å². The van der Waals surface area contributed by atoms with E-state index in [2.05, 4.69) is 26.6 Å². The summed E-state index contributed by atoms with van der Waals surface area (Å²) in [5, 5.41) is 5.57. The van der Waals surface area contributed by atoms with Gasteiger partial charge in [0.05, 0.1) is 6.04 Å². The second-order valence-corrected chi connectivity index (χ2v) is 5.36. The van der Waals surface area contributed by atoms with Gasteiger partial charge in [-0.25, -0.2) is 0 Å². The first-order chi connectivity index (χ1) is 8.56. The van der Waals surface area contributed by atoms with E-state index in [1.807, 2.05) is 31.2 Å². The summed E-state index contributed by atoms with van der Waals surface area (Å²) in [5.74, 6) is -0.164. The second-order valence-electron chi connectivity index (χ2n) is 4.44. The van der Waals surface area contributed by atoms with Crippen molar-refractivity contribution in [1.82, 2.24) is 10.6 Å². The van der Waals surface area contributed by atoms with Crippen molar-refractivity contribution in [2.24, 2.45) is 0 Å². The fraction of sp³-hybridized carbons (Fsp3) is 0.385. The molecule has 0 saturated carbocycles. The first-order valence-electron chi connectivity index (χ1n) is 5.91. The molecule has 0 aliphatic carbocycles. The fourth-order valence-corrected chi connectivity index (χ4v) is 2.22. The maximum Gasteiger partial charge on any atom is 0.243 e. The van der Waals surface area contributed by atoms with Gasteiger partial charge >= 0.3 is 0 Å². The Bertz CT molecular complexity index is 459. The Labute approximate surface area is 114 Å². The third-order valence-electron chi connectivity index (χ3n) is 3.04. The fourth-order valence-electron chi connectivity index (χ4n) is 1.96. The van der Waals surface area contributed by atoms with Gasteiger partial charge in [0.15, 0.2) is 0 Å². The van der Waals surface area contributed by atoms with Crippen molar-refractivity contribution in [1.29, 1.82) is 0 Å². The number of benzene rings is 1. The van der Waals surface area contributed by atoms with Crippen LogP contribution in [0.4, 0.5) is 0 Å². The largest absolute Gasteiger partial charge is 0.348 e. The molecular formula is C13H15BrN2O2. The Hall–Kier alpha value is -1.36. The molecule has 1 heterocycles. The lowest BCUT2D eigenvalue weighted by Crippen LogP contribution is -2.42. The molecule has 1 aliphatic heterocycles. The molecule has 96 valence electrons. The van der Waals surface area contributed by atoms with Gasteiger partial charge in [0.25, 0.3) is 0 Å². The molecule has 4 nitrogen and oxygen atoms in total. The third-order valence-corrected chi connectivity index (χ3v) is 3.57. The Morgan fingerprint density at radius 1 is 1.44 bits per heavy atom. The number of rotatable bonds is 3. The van der Waals surface area contributed by atoms with E-state index in [0.29, 0.717) is 12.8 Å². The zero-order valence-corrected chi connectivity index (χ0v) is 11.7. The first-order valence-corrected chi connectivity index (χ1v) is 6.71. The van der Waals surface area contributed by atoms with Crippen LogP contribution in [0.2, 0.25) is 0 Å². The summed E-state index contributed by atoms with van der Waals surface area (Å²) in [6.45, 7) is 1.93. The van der Waals surface area contributed by atoms with E-state index < -0.39 is 0 Å². The Morgan fingerprint density at radius 3 is 2.67 bits per heavy atom. The van der Waals surface area contributed by atoms with Crippen molar-refractivity contribution in [3.8, 4) is 0 Å². The highest BCUT2D eigenvalue weighted by molar-refractivity contribution is 9.10. The number of carbonyl (C=O) groups is 2. The van der Waals surface area contributed by atoms with Crippen LogP contribution in [-0.4, -0.2) is 17.9 Å². The second kappa shape index (κ2) is 5.52. The van der Waals surface area contributed by atoms with Crippen LogP contribution in [0.25, 0.3) is 0 Å². The van der Waals surface area contributed by atoms with Crippen LogP contribution >= 0.6 is 15.9 Å². The van der Waals surface area contributed by atoms with Gasteiger partial charge in [-0.15, -0.1) is 0 Å². The highest BCUT2D eigenvalue weighted by atomic mass is 79.9. The van der Waals surface area contributed by atoms with Gasteiger partial charge in [0.2, 0.25) is 11.8 Å². The average Bonchev–Trinajstić information content (AvgIpc) is 2.76. The van der Waals surface area contributed by atoms with Crippen molar-refractivity contribution in [2.45, 2.75) is 31.8 Å². The van der Waals surface area contributed by atoms with Crippen LogP contribution in [0.15, 0.2) is 28.7 Å². The SMILES string of the molecule is CC(NC(=O)[C@H]1CCC(=O)N1)c1ccc(Br)cc1. The van der Waals surface area contributed by atoms with Crippen LogP contribution in [0, 0.1) is 0 Å².